The normalized spacial score (nSPS) is 18.1. The molecule has 2 heterocycles. The number of nitrogens with one attached hydrogen (secondary N) is 1. The third-order valence-corrected chi connectivity index (χ3v) is 4.55. The predicted octanol–water partition coefficient (Wildman–Crippen LogP) is 3.12. The largest absolute Gasteiger partial charge is 0.485 e. The van der Waals surface area contributed by atoms with Crippen LogP contribution in [0.15, 0.2) is 60.8 Å². The average molecular weight is 378 g/mol. The van der Waals surface area contributed by atoms with E-state index in [9.17, 15) is 9.18 Å². The molecule has 2 atom stereocenters. The van der Waals surface area contributed by atoms with Crippen LogP contribution in [0.2, 0.25) is 0 Å². The van der Waals surface area contributed by atoms with E-state index in [1.54, 1.807) is 36.0 Å². The maximum atomic E-state index is 13.8. The number of para-hydroxylation sites is 1. The van der Waals surface area contributed by atoms with E-state index in [1.165, 1.54) is 12.1 Å². The summed E-state index contributed by atoms with van der Waals surface area (Å²) in [5, 5.41) is 11.0. The number of fused-ring (bicyclic) bond motifs is 1. The van der Waals surface area contributed by atoms with Crippen molar-refractivity contribution in [1.29, 1.82) is 0 Å². The molecule has 0 radical (unpaired) electrons. The van der Waals surface area contributed by atoms with Crippen LogP contribution in [-0.2, 0) is 11.3 Å². The van der Waals surface area contributed by atoms with Crippen LogP contribution < -0.4 is 10.1 Å². The fraction of sp³-hybridized carbons (Fsp3) is 0.190. The Balaban J connectivity index is 1.40. The number of amides is 1. The first kappa shape index (κ1) is 17.9. The summed E-state index contributed by atoms with van der Waals surface area (Å²) in [4.78, 5) is 12.3. The molecule has 2 unspecified atom stereocenters. The van der Waals surface area contributed by atoms with Crippen molar-refractivity contribution in [2.24, 2.45) is 0 Å². The van der Waals surface area contributed by atoms with Crippen molar-refractivity contribution in [3.8, 4) is 5.75 Å². The SMILES string of the molecule is CC1Oc2c(F)cccc2C1NC(=O)/C=C/c1cn(Cc2ccccc2)nn1. The summed E-state index contributed by atoms with van der Waals surface area (Å²) in [5.74, 6) is -0.532. The molecule has 1 amide bonds. The fourth-order valence-corrected chi connectivity index (χ4v) is 3.20. The number of halogens is 1. The summed E-state index contributed by atoms with van der Waals surface area (Å²) in [6.07, 6.45) is 4.40. The summed E-state index contributed by atoms with van der Waals surface area (Å²) in [7, 11) is 0. The van der Waals surface area contributed by atoms with Gasteiger partial charge in [-0.05, 0) is 24.6 Å². The second kappa shape index (κ2) is 7.64. The molecule has 0 saturated heterocycles. The molecule has 28 heavy (non-hydrogen) atoms. The summed E-state index contributed by atoms with van der Waals surface area (Å²) < 4.78 is 21.1. The lowest BCUT2D eigenvalue weighted by atomic mass is 10.0. The molecule has 0 spiro atoms. The van der Waals surface area contributed by atoms with Crippen molar-refractivity contribution in [3.05, 3.63) is 83.4 Å². The highest BCUT2D eigenvalue weighted by Crippen LogP contribution is 2.38. The van der Waals surface area contributed by atoms with Crippen molar-refractivity contribution < 1.29 is 13.9 Å². The van der Waals surface area contributed by atoms with Crippen molar-refractivity contribution >= 4 is 12.0 Å². The lowest BCUT2D eigenvalue weighted by Gasteiger charge is -2.15. The number of nitrogens with zero attached hydrogens (tertiary/aromatic N) is 3. The number of carbonyl (C=O) groups excluding carboxylic acids is 1. The average Bonchev–Trinajstić information content (AvgIpc) is 3.27. The Morgan fingerprint density at radius 2 is 2.07 bits per heavy atom. The summed E-state index contributed by atoms with van der Waals surface area (Å²) in [6, 6.07) is 14.2. The second-order valence-electron chi connectivity index (χ2n) is 6.63. The molecule has 7 heteroatoms. The van der Waals surface area contributed by atoms with Crippen molar-refractivity contribution in [3.63, 3.8) is 0 Å². The minimum atomic E-state index is -0.424. The molecule has 0 fully saturated rings. The van der Waals surface area contributed by atoms with Crippen LogP contribution in [0.1, 0.15) is 29.8 Å². The van der Waals surface area contributed by atoms with Crippen LogP contribution in [0.4, 0.5) is 4.39 Å². The van der Waals surface area contributed by atoms with Gasteiger partial charge in [-0.25, -0.2) is 9.07 Å². The summed E-state index contributed by atoms with van der Waals surface area (Å²) >= 11 is 0. The van der Waals surface area contributed by atoms with E-state index in [2.05, 4.69) is 15.6 Å². The molecule has 1 aliphatic rings. The molecule has 0 saturated carbocycles. The first-order valence-electron chi connectivity index (χ1n) is 8.98. The fourth-order valence-electron chi connectivity index (χ4n) is 3.20. The van der Waals surface area contributed by atoms with E-state index in [0.717, 1.165) is 5.56 Å². The number of benzene rings is 2. The number of carbonyl (C=O) groups is 1. The number of aromatic nitrogens is 3. The number of ether oxygens (including phenoxy) is 1. The van der Waals surface area contributed by atoms with Gasteiger partial charge in [0.2, 0.25) is 5.91 Å². The van der Waals surface area contributed by atoms with Gasteiger partial charge in [0, 0.05) is 11.6 Å². The lowest BCUT2D eigenvalue weighted by Crippen LogP contribution is -2.32. The molecular weight excluding hydrogens is 359 g/mol. The van der Waals surface area contributed by atoms with Crippen LogP contribution in [0.5, 0.6) is 5.75 Å². The molecule has 3 aromatic rings. The van der Waals surface area contributed by atoms with Gasteiger partial charge in [0.1, 0.15) is 11.8 Å². The van der Waals surface area contributed by atoms with E-state index in [0.29, 0.717) is 17.8 Å². The highest BCUT2D eigenvalue weighted by Gasteiger charge is 2.33. The molecule has 142 valence electrons. The minimum Gasteiger partial charge on any atom is -0.485 e. The molecule has 2 aromatic carbocycles. The maximum Gasteiger partial charge on any atom is 0.244 e. The van der Waals surface area contributed by atoms with Gasteiger partial charge in [-0.2, -0.15) is 0 Å². The van der Waals surface area contributed by atoms with Gasteiger partial charge in [-0.15, -0.1) is 5.10 Å². The Morgan fingerprint density at radius 1 is 1.25 bits per heavy atom. The van der Waals surface area contributed by atoms with Gasteiger partial charge < -0.3 is 10.1 Å². The molecular formula is C21H19FN4O2. The number of hydrogen-bond acceptors (Lipinski definition) is 4. The second-order valence-corrected chi connectivity index (χ2v) is 6.63. The van der Waals surface area contributed by atoms with E-state index < -0.39 is 11.9 Å². The highest BCUT2D eigenvalue weighted by molar-refractivity contribution is 5.91. The molecule has 1 aliphatic heterocycles. The molecule has 1 N–H and O–H groups in total. The van der Waals surface area contributed by atoms with Gasteiger partial charge in [0.25, 0.3) is 0 Å². The zero-order chi connectivity index (χ0) is 19.5. The third-order valence-electron chi connectivity index (χ3n) is 4.55. The van der Waals surface area contributed by atoms with Gasteiger partial charge >= 0.3 is 0 Å². The van der Waals surface area contributed by atoms with E-state index in [4.69, 9.17) is 4.74 Å². The maximum absolute atomic E-state index is 13.8. The highest BCUT2D eigenvalue weighted by atomic mass is 19.1. The predicted molar refractivity (Wildman–Crippen MR) is 102 cm³/mol. The van der Waals surface area contributed by atoms with Gasteiger partial charge in [-0.3, -0.25) is 4.79 Å². The number of rotatable bonds is 5. The van der Waals surface area contributed by atoms with Gasteiger partial charge in [-0.1, -0.05) is 47.7 Å². The summed E-state index contributed by atoms with van der Waals surface area (Å²) in [6.45, 7) is 2.40. The van der Waals surface area contributed by atoms with Gasteiger partial charge in [0.05, 0.1) is 18.8 Å². The molecule has 0 bridgehead atoms. The van der Waals surface area contributed by atoms with Crippen LogP contribution in [0.25, 0.3) is 6.08 Å². The zero-order valence-electron chi connectivity index (χ0n) is 15.2. The molecule has 6 nitrogen and oxygen atoms in total. The molecule has 0 aliphatic carbocycles. The Hall–Kier alpha value is -3.48. The lowest BCUT2D eigenvalue weighted by molar-refractivity contribution is -0.117. The quantitative estimate of drug-likeness (QED) is 0.693. The first-order valence-corrected chi connectivity index (χ1v) is 8.98. The van der Waals surface area contributed by atoms with Crippen molar-refractivity contribution in [2.75, 3.05) is 0 Å². The van der Waals surface area contributed by atoms with E-state index in [-0.39, 0.29) is 17.8 Å². The molecule has 4 rings (SSSR count). The summed E-state index contributed by atoms with van der Waals surface area (Å²) in [5.41, 5.74) is 2.33. The Bertz CT molecular complexity index is 1020. The van der Waals surface area contributed by atoms with Gasteiger partial charge in [0.15, 0.2) is 11.6 Å². The molecule has 1 aromatic heterocycles. The Kier molecular flexibility index (Phi) is 4.89. The van der Waals surface area contributed by atoms with E-state index >= 15 is 0 Å². The van der Waals surface area contributed by atoms with Crippen LogP contribution in [0.3, 0.4) is 0 Å². The standard InChI is InChI=1S/C21H19FN4O2/c1-14-20(17-8-5-9-18(22)21(17)28-14)23-19(27)11-10-16-13-26(25-24-16)12-15-6-3-2-4-7-15/h2-11,13-14,20H,12H2,1H3,(H,23,27)/b11-10+. The van der Waals surface area contributed by atoms with Crippen LogP contribution >= 0.6 is 0 Å². The van der Waals surface area contributed by atoms with Crippen molar-refractivity contribution in [1.82, 2.24) is 20.3 Å². The van der Waals surface area contributed by atoms with Crippen molar-refractivity contribution in [2.45, 2.75) is 25.6 Å². The van der Waals surface area contributed by atoms with E-state index in [1.807, 2.05) is 30.3 Å². The zero-order valence-corrected chi connectivity index (χ0v) is 15.2. The monoisotopic (exact) mass is 378 g/mol. The van der Waals surface area contributed by atoms with Crippen LogP contribution in [-0.4, -0.2) is 27.0 Å². The third kappa shape index (κ3) is 3.78. The van der Waals surface area contributed by atoms with Crippen LogP contribution in [0, 0.1) is 5.82 Å². The Morgan fingerprint density at radius 3 is 2.89 bits per heavy atom. The first-order chi connectivity index (χ1) is 13.6. The number of hydrogen-bond donors (Lipinski definition) is 1. The topological polar surface area (TPSA) is 69.0 Å². The Labute approximate surface area is 161 Å². The minimum absolute atomic E-state index is 0.202. The smallest absolute Gasteiger partial charge is 0.244 e.